The Morgan fingerprint density at radius 2 is 1.93 bits per heavy atom. The largest absolute Gasteiger partial charge is 0.461 e. The van der Waals surface area contributed by atoms with Crippen molar-refractivity contribution in [2.75, 3.05) is 0 Å². The fourth-order valence-electron chi connectivity index (χ4n) is 0.886. The Kier molecular flexibility index (Phi) is 4.58. The van der Waals surface area contributed by atoms with Crippen molar-refractivity contribution in [3.8, 4) is 0 Å². The lowest BCUT2D eigenvalue weighted by molar-refractivity contribution is -0.204. The van der Waals surface area contributed by atoms with E-state index < -0.39 is 23.8 Å². The normalized spacial score (nSPS) is 18.1. The molecule has 0 saturated heterocycles. The summed E-state index contributed by atoms with van der Waals surface area (Å²) in [6.07, 6.45) is -4.11. The molecule has 0 aromatic rings. The maximum Gasteiger partial charge on any atom is 0.416 e. The number of hydrogen-bond acceptors (Lipinski definition) is 3. The van der Waals surface area contributed by atoms with Gasteiger partial charge in [-0.1, -0.05) is 13.3 Å². The number of carbonyl (C=O) groups is 1. The minimum absolute atomic E-state index is 0.514. The average Bonchev–Trinajstić information content (AvgIpc) is 2.02. The lowest BCUT2D eigenvalue weighted by Crippen LogP contribution is -2.58. The van der Waals surface area contributed by atoms with Gasteiger partial charge in [0.1, 0.15) is 0 Å². The molecule has 0 aliphatic heterocycles. The Morgan fingerprint density at radius 3 is 2.27 bits per heavy atom. The van der Waals surface area contributed by atoms with Crippen LogP contribution in [0.1, 0.15) is 33.6 Å². The third kappa shape index (κ3) is 3.70. The number of esters is 1. The first-order valence-corrected chi connectivity index (χ1v) is 4.69. The summed E-state index contributed by atoms with van der Waals surface area (Å²) in [6, 6.07) is 0. The van der Waals surface area contributed by atoms with Crippen molar-refractivity contribution < 1.29 is 22.7 Å². The van der Waals surface area contributed by atoms with Crippen molar-refractivity contribution in [2.45, 2.75) is 51.4 Å². The van der Waals surface area contributed by atoms with Gasteiger partial charge in [0.2, 0.25) is 5.54 Å². The molecule has 0 spiro atoms. The van der Waals surface area contributed by atoms with Crippen LogP contribution in [0.3, 0.4) is 0 Å². The van der Waals surface area contributed by atoms with Crippen LogP contribution in [0, 0.1) is 0 Å². The van der Waals surface area contributed by atoms with Crippen LogP contribution < -0.4 is 5.73 Å². The van der Waals surface area contributed by atoms with Crippen molar-refractivity contribution in [3.63, 3.8) is 0 Å². The molecule has 2 atom stereocenters. The first-order valence-electron chi connectivity index (χ1n) is 4.69. The van der Waals surface area contributed by atoms with Crippen LogP contribution in [-0.2, 0) is 9.53 Å². The van der Waals surface area contributed by atoms with E-state index in [0.717, 1.165) is 6.42 Å². The molecule has 2 N–H and O–H groups in total. The third-order valence-corrected chi connectivity index (χ3v) is 2.02. The zero-order valence-corrected chi connectivity index (χ0v) is 9.02. The van der Waals surface area contributed by atoms with Crippen LogP contribution in [0.25, 0.3) is 0 Å². The highest BCUT2D eigenvalue weighted by Gasteiger charge is 2.55. The van der Waals surface area contributed by atoms with Gasteiger partial charge in [0.05, 0.1) is 6.10 Å². The van der Waals surface area contributed by atoms with Crippen LogP contribution in [0.5, 0.6) is 0 Å². The fourth-order valence-corrected chi connectivity index (χ4v) is 0.886. The van der Waals surface area contributed by atoms with Gasteiger partial charge >= 0.3 is 12.1 Å². The lowest BCUT2D eigenvalue weighted by atomic mass is 10.0. The van der Waals surface area contributed by atoms with Crippen molar-refractivity contribution in [1.82, 2.24) is 0 Å². The van der Waals surface area contributed by atoms with E-state index in [4.69, 9.17) is 5.73 Å². The molecule has 0 saturated carbocycles. The standard InChI is InChI=1S/C9H16F3NO2/c1-4-5-6(2)15-7(14)8(3,13)9(10,11)12/h6H,4-5,13H2,1-3H3. The van der Waals surface area contributed by atoms with E-state index in [1.165, 1.54) is 6.92 Å². The number of halogens is 3. The number of hydrogen-bond donors (Lipinski definition) is 1. The molecule has 0 radical (unpaired) electrons. The average molecular weight is 227 g/mol. The molecule has 2 unspecified atom stereocenters. The first kappa shape index (κ1) is 14.2. The van der Waals surface area contributed by atoms with Crippen LogP contribution >= 0.6 is 0 Å². The predicted molar refractivity (Wildman–Crippen MR) is 49.1 cm³/mol. The van der Waals surface area contributed by atoms with Gasteiger partial charge in [-0.15, -0.1) is 0 Å². The number of nitrogens with two attached hydrogens (primary N) is 1. The maximum atomic E-state index is 12.3. The highest BCUT2D eigenvalue weighted by atomic mass is 19.4. The van der Waals surface area contributed by atoms with Crippen LogP contribution in [0.15, 0.2) is 0 Å². The number of carbonyl (C=O) groups excluding carboxylic acids is 1. The number of rotatable bonds is 4. The van der Waals surface area contributed by atoms with Gasteiger partial charge in [-0.3, -0.25) is 0 Å². The molecular formula is C9H16F3NO2. The van der Waals surface area contributed by atoms with Crippen LogP contribution in [0.2, 0.25) is 0 Å². The minimum Gasteiger partial charge on any atom is -0.461 e. The summed E-state index contributed by atoms with van der Waals surface area (Å²) in [5.74, 6) is -1.43. The molecule has 90 valence electrons. The van der Waals surface area contributed by atoms with Gasteiger partial charge < -0.3 is 10.5 Å². The summed E-state index contributed by atoms with van der Waals surface area (Å²) >= 11 is 0. The SMILES string of the molecule is CCCC(C)OC(=O)C(C)(N)C(F)(F)F. The molecule has 0 bridgehead atoms. The van der Waals surface area contributed by atoms with Gasteiger partial charge in [0, 0.05) is 0 Å². The van der Waals surface area contributed by atoms with Crippen LogP contribution in [0.4, 0.5) is 13.2 Å². The highest BCUT2D eigenvalue weighted by Crippen LogP contribution is 2.29. The molecule has 0 aliphatic carbocycles. The molecular weight excluding hydrogens is 211 g/mol. The summed E-state index contributed by atoms with van der Waals surface area (Å²) in [7, 11) is 0. The predicted octanol–water partition coefficient (Wildman–Crippen LogP) is 2.00. The Labute approximate surface area is 86.8 Å². The molecule has 0 aromatic heterocycles. The molecule has 0 fully saturated rings. The Morgan fingerprint density at radius 1 is 1.47 bits per heavy atom. The zero-order chi connectivity index (χ0) is 12.3. The molecule has 0 aromatic carbocycles. The first-order chi connectivity index (χ1) is 6.63. The summed E-state index contributed by atoms with van der Waals surface area (Å²) in [5, 5.41) is 0. The van der Waals surface area contributed by atoms with E-state index in [1.54, 1.807) is 0 Å². The number of alkyl halides is 3. The van der Waals surface area contributed by atoms with Crippen molar-refractivity contribution in [2.24, 2.45) is 5.73 Å². The Balaban J connectivity index is 4.45. The molecule has 15 heavy (non-hydrogen) atoms. The molecule has 6 heteroatoms. The molecule has 0 amide bonds. The maximum absolute atomic E-state index is 12.3. The quantitative estimate of drug-likeness (QED) is 0.747. The molecule has 0 rings (SSSR count). The van der Waals surface area contributed by atoms with E-state index in [1.807, 2.05) is 6.92 Å². The number of ether oxygens (including phenoxy) is 1. The molecule has 0 aliphatic rings. The van der Waals surface area contributed by atoms with Crippen molar-refractivity contribution in [3.05, 3.63) is 0 Å². The minimum atomic E-state index is -4.80. The highest BCUT2D eigenvalue weighted by molar-refractivity contribution is 5.81. The summed E-state index contributed by atoms with van der Waals surface area (Å²) in [4.78, 5) is 11.1. The smallest absolute Gasteiger partial charge is 0.416 e. The summed E-state index contributed by atoms with van der Waals surface area (Å²) in [5.41, 5.74) is 1.95. The third-order valence-electron chi connectivity index (χ3n) is 2.02. The van der Waals surface area contributed by atoms with E-state index in [-0.39, 0.29) is 0 Å². The summed E-state index contributed by atoms with van der Waals surface area (Å²) < 4.78 is 41.5. The van der Waals surface area contributed by atoms with Gasteiger partial charge in [0.15, 0.2) is 0 Å². The van der Waals surface area contributed by atoms with Crippen molar-refractivity contribution in [1.29, 1.82) is 0 Å². The summed E-state index contributed by atoms with van der Waals surface area (Å²) in [6.45, 7) is 3.98. The lowest BCUT2D eigenvalue weighted by Gasteiger charge is -2.26. The zero-order valence-electron chi connectivity index (χ0n) is 9.02. The van der Waals surface area contributed by atoms with E-state index in [0.29, 0.717) is 13.3 Å². The Bertz CT molecular complexity index is 226. The van der Waals surface area contributed by atoms with E-state index in [9.17, 15) is 18.0 Å². The van der Waals surface area contributed by atoms with Gasteiger partial charge in [-0.05, 0) is 20.3 Å². The molecule has 3 nitrogen and oxygen atoms in total. The monoisotopic (exact) mass is 227 g/mol. The van der Waals surface area contributed by atoms with Gasteiger partial charge in [-0.2, -0.15) is 13.2 Å². The van der Waals surface area contributed by atoms with E-state index >= 15 is 0 Å². The van der Waals surface area contributed by atoms with Gasteiger partial charge in [0.25, 0.3) is 0 Å². The second kappa shape index (κ2) is 4.83. The molecule has 0 heterocycles. The topological polar surface area (TPSA) is 52.3 Å². The van der Waals surface area contributed by atoms with E-state index in [2.05, 4.69) is 4.74 Å². The van der Waals surface area contributed by atoms with Crippen LogP contribution in [-0.4, -0.2) is 23.8 Å². The second-order valence-electron chi connectivity index (χ2n) is 3.70. The fraction of sp³-hybridized carbons (Fsp3) is 0.889. The Hall–Kier alpha value is -0.780. The van der Waals surface area contributed by atoms with Gasteiger partial charge in [-0.25, -0.2) is 4.79 Å². The second-order valence-corrected chi connectivity index (χ2v) is 3.70. The van der Waals surface area contributed by atoms with Crippen molar-refractivity contribution >= 4 is 5.97 Å².